The Morgan fingerprint density at radius 1 is 1.06 bits per heavy atom. The van der Waals surface area contributed by atoms with Gasteiger partial charge in [0, 0.05) is 24.0 Å². The van der Waals surface area contributed by atoms with E-state index in [9.17, 15) is 13.2 Å². The first-order chi connectivity index (χ1) is 15.5. The second-order valence-electron chi connectivity index (χ2n) is 9.47. The van der Waals surface area contributed by atoms with Crippen LogP contribution in [0.2, 0.25) is 5.02 Å². The van der Waals surface area contributed by atoms with E-state index in [4.69, 9.17) is 16.3 Å². The molecule has 1 heterocycles. The van der Waals surface area contributed by atoms with Gasteiger partial charge in [0.25, 0.3) is 0 Å². The van der Waals surface area contributed by atoms with Gasteiger partial charge >= 0.3 is 0 Å². The van der Waals surface area contributed by atoms with Gasteiger partial charge in [0.15, 0.2) is 0 Å². The Hall–Kier alpha value is -2.09. The summed E-state index contributed by atoms with van der Waals surface area (Å²) in [5.74, 6) is 0.487. The minimum Gasteiger partial charge on any atom is -0.492 e. The normalized spacial score (nSPS) is 15.9. The molecule has 0 aliphatic carbocycles. The topological polar surface area (TPSA) is 75.7 Å². The lowest BCUT2D eigenvalue weighted by Crippen LogP contribution is -2.43. The van der Waals surface area contributed by atoms with Gasteiger partial charge in [-0.25, -0.2) is 12.7 Å². The predicted molar refractivity (Wildman–Crippen MR) is 132 cm³/mol. The summed E-state index contributed by atoms with van der Waals surface area (Å²) in [5, 5.41) is 3.49. The number of nitrogens with zero attached hydrogens (tertiary/aromatic N) is 1. The molecule has 0 saturated carbocycles. The van der Waals surface area contributed by atoms with Crippen LogP contribution in [-0.4, -0.2) is 44.9 Å². The van der Waals surface area contributed by atoms with Crippen LogP contribution in [0, 0.1) is 5.92 Å². The predicted octanol–water partition coefficient (Wildman–Crippen LogP) is 4.37. The summed E-state index contributed by atoms with van der Waals surface area (Å²) in [4.78, 5) is 12.5. The van der Waals surface area contributed by atoms with Crippen molar-refractivity contribution in [3.63, 3.8) is 0 Å². The van der Waals surface area contributed by atoms with Gasteiger partial charge < -0.3 is 10.1 Å². The second-order valence-corrected chi connectivity index (χ2v) is 11.9. The maximum atomic E-state index is 12.7. The van der Waals surface area contributed by atoms with Gasteiger partial charge in [0.2, 0.25) is 15.9 Å². The van der Waals surface area contributed by atoms with Crippen molar-refractivity contribution in [3.8, 4) is 5.75 Å². The van der Waals surface area contributed by atoms with Crippen molar-refractivity contribution in [1.82, 2.24) is 9.62 Å². The molecule has 1 N–H and O–H groups in total. The van der Waals surface area contributed by atoms with Gasteiger partial charge in [-0.2, -0.15) is 0 Å². The van der Waals surface area contributed by atoms with E-state index in [-0.39, 0.29) is 23.0 Å². The molecule has 0 atom stereocenters. The quantitative estimate of drug-likeness (QED) is 0.555. The minimum atomic E-state index is -3.42. The number of hydrogen-bond acceptors (Lipinski definition) is 4. The molecule has 2 aromatic rings. The van der Waals surface area contributed by atoms with Gasteiger partial charge in [-0.1, -0.05) is 56.6 Å². The van der Waals surface area contributed by atoms with E-state index in [0.29, 0.717) is 49.7 Å². The number of rotatable bonds is 8. The number of sulfonamides is 1. The van der Waals surface area contributed by atoms with Gasteiger partial charge in [0.05, 0.1) is 12.3 Å². The van der Waals surface area contributed by atoms with E-state index < -0.39 is 10.0 Å². The zero-order valence-corrected chi connectivity index (χ0v) is 21.1. The van der Waals surface area contributed by atoms with Crippen LogP contribution in [0.15, 0.2) is 48.5 Å². The number of carbonyl (C=O) groups excluding carboxylic acids is 1. The Bertz CT molecular complexity index is 1020. The van der Waals surface area contributed by atoms with E-state index in [2.05, 4.69) is 38.2 Å². The average molecular weight is 493 g/mol. The Labute approximate surface area is 202 Å². The number of hydrogen-bond donors (Lipinski definition) is 1. The number of benzene rings is 2. The molecule has 0 aromatic heterocycles. The van der Waals surface area contributed by atoms with Crippen LogP contribution < -0.4 is 10.1 Å². The lowest BCUT2D eigenvalue weighted by atomic mass is 9.87. The highest BCUT2D eigenvalue weighted by molar-refractivity contribution is 7.88. The largest absolute Gasteiger partial charge is 0.492 e. The molecule has 33 heavy (non-hydrogen) atoms. The molecule has 8 heteroatoms. The SMILES string of the molecule is CC(C)(C)c1ccc(OCCNC(=O)C2CCN(S(=O)(=O)Cc3ccc(Cl)cc3)CC2)cc1. The Balaban J connectivity index is 1.39. The van der Waals surface area contributed by atoms with Gasteiger partial charge in [0.1, 0.15) is 12.4 Å². The maximum Gasteiger partial charge on any atom is 0.223 e. The molecule has 1 amide bonds. The van der Waals surface area contributed by atoms with Crippen molar-refractivity contribution in [2.45, 2.75) is 44.8 Å². The van der Waals surface area contributed by atoms with Crippen LogP contribution in [0.5, 0.6) is 5.75 Å². The fourth-order valence-corrected chi connectivity index (χ4v) is 5.51. The van der Waals surface area contributed by atoms with Crippen molar-refractivity contribution in [2.75, 3.05) is 26.2 Å². The van der Waals surface area contributed by atoms with Crippen LogP contribution in [0.1, 0.15) is 44.7 Å². The zero-order chi connectivity index (χ0) is 24.1. The lowest BCUT2D eigenvalue weighted by molar-refractivity contribution is -0.126. The fourth-order valence-electron chi connectivity index (χ4n) is 3.82. The highest BCUT2D eigenvalue weighted by Gasteiger charge is 2.31. The van der Waals surface area contributed by atoms with Crippen LogP contribution in [0.3, 0.4) is 0 Å². The molecule has 1 saturated heterocycles. The van der Waals surface area contributed by atoms with E-state index in [1.165, 1.54) is 9.87 Å². The summed E-state index contributed by atoms with van der Waals surface area (Å²) in [5.41, 5.74) is 2.04. The molecule has 0 unspecified atom stereocenters. The van der Waals surface area contributed by atoms with E-state index in [1.807, 2.05) is 12.1 Å². The molecule has 1 fully saturated rings. The number of ether oxygens (including phenoxy) is 1. The Kier molecular flexibility index (Phi) is 8.43. The minimum absolute atomic E-state index is 0.0450. The van der Waals surface area contributed by atoms with Gasteiger partial charge in [-0.3, -0.25) is 4.79 Å². The summed E-state index contributed by atoms with van der Waals surface area (Å²) >= 11 is 5.87. The highest BCUT2D eigenvalue weighted by atomic mass is 35.5. The number of halogens is 1. The summed E-state index contributed by atoms with van der Waals surface area (Å²) < 4.78 is 32.6. The molecular weight excluding hydrogens is 460 g/mol. The lowest BCUT2D eigenvalue weighted by Gasteiger charge is -2.30. The van der Waals surface area contributed by atoms with E-state index >= 15 is 0 Å². The van der Waals surface area contributed by atoms with Crippen LogP contribution in [0.4, 0.5) is 0 Å². The number of piperidine rings is 1. The molecule has 0 spiro atoms. The molecule has 180 valence electrons. The first-order valence-corrected chi connectivity index (χ1v) is 13.3. The molecular formula is C25H33ClN2O4S. The molecule has 2 aromatic carbocycles. The monoisotopic (exact) mass is 492 g/mol. The average Bonchev–Trinajstić information content (AvgIpc) is 2.78. The van der Waals surface area contributed by atoms with Crippen molar-refractivity contribution in [1.29, 1.82) is 0 Å². The van der Waals surface area contributed by atoms with Crippen LogP contribution in [-0.2, 0) is 26.0 Å². The highest BCUT2D eigenvalue weighted by Crippen LogP contribution is 2.24. The van der Waals surface area contributed by atoms with E-state index in [0.717, 1.165) is 5.75 Å². The van der Waals surface area contributed by atoms with E-state index in [1.54, 1.807) is 24.3 Å². The standard InChI is InChI=1S/C25H33ClN2O4S/c1-25(2,3)21-6-10-23(11-7-21)32-17-14-27-24(29)20-12-15-28(16-13-20)33(30,31)18-19-4-8-22(26)9-5-19/h4-11,20H,12-18H2,1-3H3,(H,27,29). The first-order valence-electron chi connectivity index (χ1n) is 11.3. The molecule has 1 aliphatic heterocycles. The smallest absolute Gasteiger partial charge is 0.223 e. The summed E-state index contributed by atoms with van der Waals surface area (Å²) in [6, 6.07) is 14.8. The molecule has 3 rings (SSSR count). The summed E-state index contributed by atoms with van der Waals surface area (Å²) in [7, 11) is -3.42. The molecule has 6 nitrogen and oxygen atoms in total. The Morgan fingerprint density at radius 3 is 2.24 bits per heavy atom. The maximum absolute atomic E-state index is 12.7. The zero-order valence-electron chi connectivity index (χ0n) is 19.5. The van der Waals surface area contributed by atoms with Gasteiger partial charge in [-0.15, -0.1) is 0 Å². The fraction of sp³-hybridized carbons (Fsp3) is 0.480. The van der Waals surface area contributed by atoms with Crippen LogP contribution >= 0.6 is 11.6 Å². The van der Waals surface area contributed by atoms with Crippen molar-refractivity contribution in [3.05, 3.63) is 64.7 Å². The number of nitrogens with one attached hydrogen (secondary N) is 1. The molecule has 0 radical (unpaired) electrons. The molecule has 1 aliphatic rings. The summed E-state index contributed by atoms with van der Waals surface area (Å²) in [6.07, 6.45) is 1.03. The third-order valence-electron chi connectivity index (χ3n) is 5.87. The van der Waals surface area contributed by atoms with Crippen LogP contribution in [0.25, 0.3) is 0 Å². The number of amides is 1. The summed E-state index contributed by atoms with van der Waals surface area (Å²) in [6.45, 7) is 7.99. The Morgan fingerprint density at radius 2 is 1.67 bits per heavy atom. The number of carbonyl (C=O) groups is 1. The van der Waals surface area contributed by atoms with Gasteiger partial charge in [-0.05, 0) is 53.6 Å². The van der Waals surface area contributed by atoms with Crippen molar-refractivity contribution >= 4 is 27.5 Å². The second kappa shape index (κ2) is 10.9. The third kappa shape index (κ3) is 7.45. The third-order valence-corrected chi connectivity index (χ3v) is 7.97. The molecule has 0 bridgehead atoms. The first kappa shape index (κ1) is 25.5. The van der Waals surface area contributed by atoms with Crippen molar-refractivity contribution in [2.24, 2.45) is 5.92 Å². The van der Waals surface area contributed by atoms with Crippen molar-refractivity contribution < 1.29 is 17.9 Å².